The second-order valence-corrected chi connectivity index (χ2v) is 23.8. The van der Waals surface area contributed by atoms with Crippen molar-refractivity contribution in [2.45, 2.75) is 0 Å². The van der Waals surface area contributed by atoms with Gasteiger partial charge in [0.05, 0.1) is 0 Å². The maximum absolute atomic E-state index is 7.36. The summed E-state index contributed by atoms with van der Waals surface area (Å²) < 4.78 is 46.3. The monoisotopic (exact) mass is 1080 g/mol. The third-order valence-electron chi connectivity index (χ3n) is 17.2. The molecule has 0 atom stereocenters. The molecule has 0 bridgehead atoms. The summed E-state index contributed by atoms with van der Waals surface area (Å²) in [4.78, 5) is 6.95. The van der Waals surface area contributed by atoms with Crippen LogP contribution in [0.2, 0.25) is 0 Å². The van der Waals surface area contributed by atoms with Gasteiger partial charge in [0.2, 0.25) is 0 Å². The molecule has 0 saturated heterocycles. The average Bonchev–Trinajstić information content (AvgIpc) is 3.44. The molecule has 14 heteroatoms. The zero-order valence-electron chi connectivity index (χ0n) is 43.9. The summed E-state index contributed by atoms with van der Waals surface area (Å²) >= 11 is 3.64. The highest BCUT2D eigenvalue weighted by Crippen LogP contribution is 2.48. The van der Waals surface area contributed by atoms with Crippen molar-refractivity contribution in [3.63, 3.8) is 0 Å². The van der Waals surface area contributed by atoms with Crippen LogP contribution in [-0.2, 0) is 0 Å². The number of rotatable bonds is 6. The van der Waals surface area contributed by atoms with Crippen LogP contribution in [-0.4, -0.2) is 41.3 Å². The number of fused-ring (bicyclic) bond motifs is 16. The summed E-state index contributed by atoms with van der Waals surface area (Å²) in [6.45, 7) is -0.486. The van der Waals surface area contributed by atoms with E-state index in [4.69, 9.17) is 28.4 Å². The lowest BCUT2D eigenvalue weighted by molar-refractivity contribution is 0.463. The number of benzene rings is 10. The standard InChI is InChI=1S/C67H42B3N3O6S2/c1-71-49-35-50-46(69-62-53(72(50)2)28-41(75-38-19-9-5-10-20-38)31-57(62)78-64-43-23-13-15-25-59(43)80-66(64)69)33-45(49)68-48-34-47-51(36-55(48)77-56-30-40(27-52(71)61(56)68)74-37-17-7-4-8-18-37)73(3)54-29-42(76-39-21-11-6-12-22-39)32-58-63(54)70(47)67-65(79-58)44-24-14-16-26-60(44)81-67/h4-36H,1-3H3. The van der Waals surface area contributed by atoms with Gasteiger partial charge < -0.3 is 43.1 Å². The molecule has 2 aromatic heterocycles. The minimum Gasteiger partial charge on any atom is -0.458 e. The lowest BCUT2D eigenvalue weighted by atomic mass is 9.30. The van der Waals surface area contributed by atoms with Gasteiger partial charge in [0.25, 0.3) is 20.1 Å². The van der Waals surface area contributed by atoms with Gasteiger partial charge in [0.1, 0.15) is 69.0 Å². The van der Waals surface area contributed by atoms with Gasteiger partial charge in [-0.3, -0.25) is 0 Å². The normalized spacial score (nSPS) is 14.0. The highest BCUT2D eigenvalue weighted by Gasteiger charge is 2.49. The second-order valence-electron chi connectivity index (χ2n) is 21.6. The minimum absolute atomic E-state index is 0.123. The van der Waals surface area contributed by atoms with Crippen LogP contribution in [0.4, 0.5) is 34.1 Å². The summed E-state index contributed by atoms with van der Waals surface area (Å²) in [5.41, 5.74) is 14.4. The number of nitrogens with zero attached hydrogens (tertiary/aromatic N) is 3. The summed E-state index contributed by atoms with van der Waals surface area (Å²) in [6.07, 6.45) is 0. The molecule has 18 rings (SSSR count). The molecule has 0 aliphatic carbocycles. The third kappa shape index (κ3) is 6.57. The fraction of sp³-hybridized carbons (Fsp3) is 0.0448. The Labute approximate surface area is 475 Å². The first-order valence-electron chi connectivity index (χ1n) is 27.2. The Morgan fingerprint density at radius 2 is 0.691 bits per heavy atom. The van der Waals surface area contributed by atoms with Crippen molar-refractivity contribution in [3.8, 4) is 69.0 Å². The Kier molecular flexibility index (Phi) is 9.40. The number of thiophene rings is 2. The summed E-state index contributed by atoms with van der Waals surface area (Å²) in [5, 5.41) is 2.21. The van der Waals surface area contributed by atoms with Crippen molar-refractivity contribution in [2.75, 3.05) is 35.8 Å². The van der Waals surface area contributed by atoms with E-state index in [0.29, 0.717) is 17.2 Å². The molecule has 9 nitrogen and oxygen atoms in total. The summed E-state index contributed by atoms with van der Waals surface area (Å²) in [5.74, 6) is 9.33. The molecule has 81 heavy (non-hydrogen) atoms. The smallest absolute Gasteiger partial charge is 0.268 e. The van der Waals surface area contributed by atoms with E-state index in [1.807, 2.05) is 114 Å². The molecule has 0 fully saturated rings. The fourth-order valence-corrected chi connectivity index (χ4v) is 16.1. The van der Waals surface area contributed by atoms with Gasteiger partial charge in [-0.1, -0.05) is 91.0 Å². The quantitative estimate of drug-likeness (QED) is 0.152. The minimum atomic E-state index is -0.226. The number of ether oxygens (including phenoxy) is 6. The van der Waals surface area contributed by atoms with Gasteiger partial charge in [0.15, 0.2) is 0 Å². The zero-order valence-corrected chi connectivity index (χ0v) is 45.5. The van der Waals surface area contributed by atoms with Gasteiger partial charge in [-0.15, -0.1) is 22.7 Å². The van der Waals surface area contributed by atoms with Crippen LogP contribution < -0.4 is 90.9 Å². The lowest BCUT2D eigenvalue weighted by Crippen LogP contribution is -2.65. The number of hydrogen-bond acceptors (Lipinski definition) is 11. The van der Waals surface area contributed by atoms with Crippen LogP contribution in [0.3, 0.4) is 0 Å². The van der Waals surface area contributed by atoms with Gasteiger partial charge in [0, 0.05) is 127 Å². The SMILES string of the molecule is CN1c2cc3c(cc2B2c4cc5c(cc4Oc4cc(Oc6ccccc6)cc1c42)N(C)c1cc(Oc2ccccc2)cc2c1B5c1sc4ccccc4c1O2)B1c2sc4ccccc4c2Oc2cc(Oc4ccccc4)cc(c21)N3C. The van der Waals surface area contributed by atoms with E-state index in [0.717, 1.165) is 118 Å². The van der Waals surface area contributed by atoms with Crippen molar-refractivity contribution in [1.29, 1.82) is 0 Å². The summed E-state index contributed by atoms with van der Waals surface area (Å²) in [6, 6.07) is 69.5. The largest absolute Gasteiger partial charge is 0.458 e. The van der Waals surface area contributed by atoms with E-state index in [9.17, 15) is 0 Å². The van der Waals surface area contributed by atoms with Gasteiger partial charge in [-0.2, -0.15) is 0 Å². The molecule has 0 spiro atoms. The Morgan fingerprint density at radius 1 is 0.321 bits per heavy atom. The van der Waals surface area contributed by atoms with Gasteiger partial charge in [-0.05, 0) is 105 Å². The van der Waals surface area contributed by atoms with E-state index in [2.05, 4.69) is 145 Å². The Bertz CT molecular complexity index is 4710. The molecule has 382 valence electrons. The van der Waals surface area contributed by atoms with Crippen molar-refractivity contribution < 1.29 is 28.4 Å². The van der Waals surface area contributed by atoms with Gasteiger partial charge in [-0.25, -0.2) is 0 Å². The van der Waals surface area contributed by atoms with Crippen molar-refractivity contribution in [3.05, 3.63) is 200 Å². The van der Waals surface area contributed by atoms with E-state index in [1.165, 1.54) is 35.3 Å². The summed E-state index contributed by atoms with van der Waals surface area (Å²) in [7, 11) is 6.51. The zero-order chi connectivity index (χ0) is 53.4. The molecule has 0 unspecified atom stereocenters. The predicted octanol–water partition coefficient (Wildman–Crippen LogP) is 11.6. The lowest BCUT2D eigenvalue weighted by Gasteiger charge is -2.43. The van der Waals surface area contributed by atoms with Crippen LogP contribution in [0.5, 0.6) is 69.0 Å². The van der Waals surface area contributed by atoms with Crippen LogP contribution in [0.25, 0.3) is 20.2 Å². The maximum Gasteiger partial charge on any atom is 0.268 e. The molecule has 6 aliphatic rings. The first-order chi connectivity index (χ1) is 39.8. The van der Waals surface area contributed by atoms with Crippen LogP contribution in [0, 0.1) is 0 Å². The molecule has 0 saturated carbocycles. The van der Waals surface area contributed by atoms with Crippen LogP contribution in [0.15, 0.2) is 200 Å². The average molecular weight is 1080 g/mol. The van der Waals surface area contributed by atoms with E-state index >= 15 is 0 Å². The highest BCUT2D eigenvalue weighted by atomic mass is 32.1. The molecule has 8 heterocycles. The molecule has 0 amide bonds. The number of anilines is 6. The van der Waals surface area contributed by atoms with E-state index < -0.39 is 0 Å². The molecular weight excluding hydrogens is 1040 g/mol. The number of hydrogen-bond donors (Lipinski definition) is 0. The predicted molar refractivity (Wildman–Crippen MR) is 334 cm³/mol. The Morgan fingerprint density at radius 3 is 1.15 bits per heavy atom. The Hall–Kier alpha value is -9.49. The van der Waals surface area contributed by atoms with Crippen LogP contribution in [0.1, 0.15) is 0 Å². The first kappa shape index (κ1) is 45.4. The topological polar surface area (TPSA) is 65.1 Å². The van der Waals surface area contributed by atoms with Crippen LogP contribution >= 0.6 is 22.7 Å². The van der Waals surface area contributed by atoms with Crippen molar-refractivity contribution in [2.24, 2.45) is 0 Å². The second kappa shape index (κ2) is 16.8. The third-order valence-corrected chi connectivity index (χ3v) is 19.6. The van der Waals surface area contributed by atoms with E-state index in [1.54, 1.807) is 0 Å². The fourth-order valence-electron chi connectivity index (χ4n) is 13.6. The number of para-hydroxylation sites is 3. The maximum atomic E-state index is 7.36. The molecule has 0 radical (unpaired) electrons. The Balaban J connectivity index is 0.865. The van der Waals surface area contributed by atoms with Crippen molar-refractivity contribution >= 4 is 145 Å². The first-order valence-corrected chi connectivity index (χ1v) is 28.8. The van der Waals surface area contributed by atoms with E-state index in [-0.39, 0.29) is 20.1 Å². The van der Waals surface area contributed by atoms with Gasteiger partial charge >= 0.3 is 0 Å². The highest BCUT2D eigenvalue weighted by molar-refractivity contribution is 7.34. The van der Waals surface area contributed by atoms with Crippen molar-refractivity contribution in [1.82, 2.24) is 0 Å². The molecular formula is C67H42B3N3O6S2. The molecule has 6 aliphatic heterocycles. The molecule has 0 N–H and O–H groups in total. The molecule has 10 aromatic carbocycles. The molecule has 12 aromatic rings.